The second-order valence-corrected chi connectivity index (χ2v) is 4.81. The van der Waals surface area contributed by atoms with Crippen LogP contribution in [0.2, 0.25) is 0 Å². The monoisotopic (exact) mass is 232 g/mol. The Kier molecular flexibility index (Phi) is 3.06. The summed E-state index contributed by atoms with van der Waals surface area (Å²) in [6, 6.07) is 3.88. The first-order chi connectivity index (χ1) is 6.85. The molecule has 0 bridgehead atoms. The lowest BCUT2D eigenvalue weighted by Crippen LogP contribution is -2.35. The second-order valence-electron chi connectivity index (χ2n) is 2.81. The predicted molar refractivity (Wildman–Crippen MR) is 51.5 cm³/mol. The van der Waals surface area contributed by atoms with Crippen LogP contribution in [0.25, 0.3) is 0 Å². The average Bonchev–Trinajstić information content (AvgIpc) is 2.17. The Labute approximate surface area is 85.8 Å². The lowest BCUT2D eigenvalue weighted by molar-refractivity contribution is 0.307. The van der Waals surface area contributed by atoms with Gasteiger partial charge < -0.3 is 10.8 Å². The summed E-state index contributed by atoms with van der Waals surface area (Å²) in [5.41, 5.74) is 2.77. The maximum absolute atomic E-state index is 12.5. The number of nitrogens with two attached hydrogens (primary N) is 1. The smallest absolute Gasteiger partial charge is 0.217 e. The summed E-state index contributed by atoms with van der Waals surface area (Å²) in [4.78, 5) is -0.286. The third kappa shape index (κ3) is 2.31. The molecule has 1 aromatic carbocycles. The fourth-order valence-electron chi connectivity index (χ4n) is 0.920. The fraction of sp³-hybridized carbons (Fsp3) is 0.125. The van der Waals surface area contributed by atoms with E-state index in [2.05, 4.69) is 0 Å². The van der Waals surface area contributed by atoms with Crippen LogP contribution in [0, 0.1) is 11.2 Å². The van der Waals surface area contributed by atoms with Crippen LogP contribution in [-0.4, -0.2) is 24.8 Å². The molecule has 1 rings (SSSR count). The Bertz CT molecular complexity index is 469. The number of rotatable bonds is 3. The molecule has 1 unspecified atom stereocenters. The minimum absolute atomic E-state index is 0.286. The zero-order valence-electron chi connectivity index (χ0n) is 7.51. The summed E-state index contributed by atoms with van der Waals surface area (Å²) in [5.74, 6) is -1.47. The first-order valence-electron chi connectivity index (χ1n) is 3.87. The molecular weight excluding hydrogens is 223 g/mol. The molecule has 15 heavy (non-hydrogen) atoms. The van der Waals surface area contributed by atoms with Gasteiger partial charge in [-0.25, -0.2) is 12.8 Å². The molecule has 0 spiro atoms. The number of benzene rings is 1. The van der Waals surface area contributed by atoms with Crippen molar-refractivity contribution in [2.75, 3.05) is 0 Å². The number of hydrogen-bond acceptors (Lipinski definition) is 4. The van der Waals surface area contributed by atoms with Gasteiger partial charge in [0.25, 0.3) is 0 Å². The van der Waals surface area contributed by atoms with E-state index < -0.39 is 26.9 Å². The largest absolute Gasteiger partial charge is 0.385 e. The van der Waals surface area contributed by atoms with Gasteiger partial charge in [0.1, 0.15) is 11.7 Å². The summed E-state index contributed by atoms with van der Waals surface area (Å²) in [6.45, 7) is 0. The molecule has 0 fully saturated rings. The molecule has 0 saturated carbocycles. The molecule has 5 nitrogen and oxygen atoms in total. The van der Waals surface area contributed by atoms with Crippen molar-refractivity contribution < 1.29 is 17.9 Å². The molecule has 82 valence electrons. The van der Waals surface area contributed by atoms with E-state index in [1.807, 2.05) is 0 Å². The second kappa shape index (κ2) is 3.95. The number of hydrogen-bond donors (Lipinski definition) is 3. The van der Waals surface area contributed by atoms with Gasteiger partial charge in [-0.05, 0) is 24.3 Å². The van der Waals surface area contributed by atoms with Crippen molar-refractivity contribution in [3.63, 3.8) is 0 Å². The third-order valence-electron chi connectivity index (χ3n) is 1.70. The van der Waals surface area contributed by atoms with E-state index in [1.165, 1.54) is 0 Å². The number of aliphatic hydroxyl groups is 1. The van der Waals surface area contributed by atoms with Crippen molar-refractivity contribution in [1.82, 2.24) is 0 Å². The van der Waals surface area contributed by atoms with Crippen molar-refractivity contribution in [3.8, 4) is 0 Å². The Hall–Kier alpha value is -1.47. The van der Waals surface area contributed by atoms with E-state index in [1.54, 1.807) is 0 Å². The highest BCUT2D eigenvalue weighted by Gasteiger charge is 2.27. The van der Waals surface area contributed by atoms with Gasteiger partial charge in [-0.3, -0.25) is 5.41 Å². The lowest BCUT2D eigenvalue weighted by atomic mass is 10.4. The zero-order chi connectivity index (χ0) is 11.6. The van der Waals surface area contributed by atoms with Crippen LogP contribution in [0.1, 0.15) is 0 Å². The quantitative estimate of drug-likeness (QED) is 0.383. The maximum atomic E-state index is 12.5. The number of amidine groups is 1. The Morgan fingerprint density at radius 2 is 1.87 bits per heavy atom. The Morgan fingerprint density at radius 3 is 2.27 bits per heavy atom. The predicted octanol–water partition coefficient (Wildman–Crippen LogP) is -0.146. The molecule has 0 aromatic heterocycles. The summed E-state index contributed by atoms with van der Waals surface area (Å²) < 4.78 is 35.5. The van der Waals surface area contributed by atoms with Gasteiger partial charge in [0.15, 0.2) is 0 Å². The molecule has 0 aliphatic carbocycles. The van der Waals surface area contributed by atoms with Crippen LogP contribution in [0.15, 0.2) is 29.2 Å². The summed E-state index contributed by atoms with van der Waals surface area (Å²) in [6.07, 6.45) is 0. The first-order valence-corrected chi connectivity index (χ1v) is 5.42. The summed E-state index contributed by atoms with van der Waals surface area (Å²) in [5, 5.41) is 16.0. The first kappa shape index (κ1) is 11.6. The van der Waals surface area contributed by atoms with Gasteiger partial charge in [-0.15, -0.1) is 0 Å². The topological polar surface area (TPSA) is 104 Å². The molecule has 0 heterocycles. The Morgan fingerprint density at radius 1 is 1.40 bits per heavy atom. The molecule has 0 aliphatic heterocycles. The van der Waals surface area contributed by atoms with E-state index in [-0.39, 0.29) is 4.90 Å². The molecule has 1 atom stereocenters. The lowest BCUT2D eigenvalue weighted by Gasteiger charge is -2.09. The molecule has 0 aliphatic rings. The van der Waals surface area contributed by atoms with Crippen LogP contribution in [0.4, 0.5) is 4.39 Å². The van der Waals surface area contributed by atoms with E-state index in [0.717, 1.165) is 24.3 Å². The molecule has 0 radical (unpaired) electrons. The summed E-state index contributed by atoms with van der Waals surface area (Å²) in [7, 11) is -4.12. The van der Waals surface area contributed by atoms with Gasteiger partial charge in [-0.1, -0.05) is 0 Å². The van der Waals surface area contributed by atoms with Crippen LogP contribution in [0.5, 0.6) is 0 Å². The number of nitrogens with one attached hydrogen (secondary N) is 1. The van der Waals surface area contributed by atoms with Crippen molar-refractivity contribution >= 4 is 15.7 Å². The third-order valence-corrected chi connectivity index (χ3v) is 3.47. The molecule has 4 N–H and O–H groups in total. The van der Waals surface area contributed by atoms with Gasteiger partial charge >= 0.3 is 0 Å². The van der Waals surface area contributed by atoms with Crippen LogP contribution < -0.4 is 5.73 Å². The molecule has 1 aromatic rings. The molecule has 7 heteroatoms. The average molecular weight is 232 g/mol. The van der Waals surface area contributed by atoms with Crippen molar-refractivity contribution in [3.05, 3.63) is 30.1 Å². The minimum atomic E-state index is -4.12. The molecule has 0 saturated heterocycles. The maximum Gasteiger partial charge on any atom is 0.217 e. The highest BCUT2D eigenvalue weighted by atomic mass is 32.2. The van der Waals surface area contributed by atoms with Gasteiger partial charge in [0.05, 0.1) is 4.90 Å². The number of halogens is 1. The molecular formula is C8H9FN2O3S. The normalized spacial score (nSPS) is 13.5. The van der Waals surface area contributed by atoms with Crippen molar-refractivity contribution in [1.29, 1.82) is 5.41 Å². The van der Waals surface area contributed by atoms with Crippen LogP contribution in [-0.2, 0) is 9.84 Å². The van der Waals surface area contributed by atoms with Crippen LogP contribution >= 0.6 is 0 Å². The zero-order valence-corrected chi connectivity index (χ0v) is 8.33. The van der Waals surface area contributed by atoms with E-state index >= 15 is 0 Å². The number of sulfone groups is 1. The molecule has 0 amide bonds. The fourth-order valence-corrected chi connectivity index (χ4v) is 2.03. The van der Waals surface area contributed by atoms with E-state index in [4.69, 9.17) is 16.2 Å². The standard InChI is InChI=1S/C8H9FN2O3S/c9-5-1-3-6(4-2-5)15(13,14)8(12)7(10)11/h1-4,8,12H,(H3,10,11). The number of aliphatic hydroxyl groups excluding tert-OH is 1. The van der Waals surface area contributed by atoms with Crippen molar-refractivity contribution in [2.24, 2.45) is 5.73 Å². The Balaban J connectivity index is 3.17. The minimum Gasteiger partial charge on any atom is -0.385 e. The highest BCUT2D eigenvalue weighted by Crippen LogP contribution is 2.15. The highest BCUT2D eigenvalue weighted by molar-refractivity contribution is 7.92. The van der Waals surface area contributed by atoms with Crippen molar-refractivity contribution in [2.45, 2.75) is 10.3 Å². The van der Waals surface area contributed by atoms with Gasteiger partial charge in [0, 0.05) is 0 Å². The summed E-state index contributed by atoms with van der Waals surface area (Å²) >= 11 is 0. The van der Waals surface area contributed by atoms with Gasteiger partial charge in [0.2, 0.25) is 15.3 Å². The van der Waals surface area contributed by atoms with Gasteiger partial charge in [-0.2, -0.15) is 0 Å². The SMILES string of the molecule is N=C(N)C(O)S(=O)(=O)c1ccc(F)cc1. The van der Waals surface area contributed by atoms with E-state index in [9.17, 15) is 12.8 Å². The van der Waals surface area contributed by atoms with E-state index in [0.29, 0.717) is 0 Å². The van der Waals surface area contributed by atoms with Crippen LogP contribution in [0.3, 0.4) is 0 Å².